The van der Waals surface area contributed by atoms with E-state index in [1.54, 1.807) is 0 Å². The molecule has 0 aliphatic carbocycles. The summed E-state index contributed by atoms with van der Waals surface area (Å²) >= 11 is 2.33. The molecule has 4 heteroatoms. The molecule has 7 heavy (non-hydrogen) atoms. The first-order valence-corrected chi connectivity index (χ1v) is 6.56. The monoisotopic (exact) mass is 240 g/mol. The predicted octanol–water partition coefficient (Wildman–Crippen LogP) is 0.749. The van der Waals surface area contributed by atoms with Gasteiger partial charge < -0.3 is 4.23 Å². The molecular formula is C3H7INSi2. The van der Waals surface area contributed by atoms with Crippen molar-refractivity contribution in [3.63, 3.8) is 0 Å². The molecule has 0 amide bonds. The van der Waals surface area contributed by atoms with Crippen LogP contribution in [-0.4, -0.2) is 27.9 Å². The number of hydrogen-bond donors (Lipinski definition) is 0. The number of rotatable bonds is 2. The van der Waals surface area contributed by atoms with Crippen molar-refractivity contribution in [3.05, 3.63) is 0 Å². The third-order valence-electron chi connectivity index (χ3n) is 0.607. The second-order valence-corrected chi connectivity index (χ2v) is 4.58. The molecule has 0 aromatic rings. The molecule has 1 nitrogen and oxygen atoms in total. The van der Waals surface area contributed by atoms with E-state index >= 15 is 0 Å². The Morgan fingerprint density at radius 1 is 1.71 bits per heavy atom. The quantitative estimate of drug-likeness (QED) is 0.391. The average molecular weight is 240 g/mol. The van der Waals surface area contributed by atoms with E-state index in [0.29, 0.717) is 6.04 Å². The van der Waals surface area contributed by atoms with Gasteiger partial charge in [0.1, 0.15) is 10.4 Å². The molecule has 0 saturated carbocycles. The highest BCUT2D eigenvalue weighted by atomic mass is 127. The Balaban J connectivity index is 3.14. The van der Waals surface area contributed by atoms with Gasteiger partial charge in [-0.1, -0.05) is 13.8 Å². The number of nitrogens with zero attached hydrogens (tertiary/aromatic N) is 1. The highest BCUT2D eigenvalue weighted by Gasteiger charge is 1.98. The van der Waals surface area contributed by atoms with Gasteiger partial charge in [-0.2, -0.15) is 0 Å². The molecule has 0 aromatic carbocycles. The maximum absolute atomic E-state index is 3.43. The summed E-state index contributed by atoms with van der Waals surface area (Å²) in [6, 6.07) is 0.617. The molecule has 0 saturated heterocycles. The van der Waals surface area contributed by atoms with Crippen LogP contribution in [0.2, 0.25) is 0 Å². The molecule has 0 rings (SSSR count). The van der Waals surface area contributed by atoms with E-state index < -0.39 is 0 Å². The van der Waals surface area contributed by atoms with Gasteiger partial charge in [0, 0.05) is 0 Å². The van der Waals surface area contributed by atoms with Crippen molar-refractivity contribution in [1.82, 2.24) is 4.23 Å². The minimum Gasteiger partial charge on any atom is -0.340 e. The Labute approximate surface area is 63.5 Å². The zero-order valence-corrected chi connectivity index (χ0v) is 8.56. The smallest absolute Gasteiger partial charge is 0.223 e. The minimum atomic E-state index is 0.617. The first kappa shape index (κ1) is 8.12. The Hall–Kier alpha value is 1.12. The Kier molecular flexibility index (Phi) is 4.70. The van der Waals surface area contributed by atoms with Crippen molar-refractivity contribution < 1.29 is 0 Å². The molecule has 0 bridgehead atoms. The standard InChI is InChI=1S/C3H7INSi2/c1-3(2)5(6)7-4/h3H,1-2H3. The normalized spacial score (nSPS) is 11.1. The lowest BCUT2D eigenvalue weighted by atomic mass is 10.4. The summed E-state index contributed by atoms with van der Waals surface area (Å²) in [4.78, 5) is 0. The van der Waals surface area contributed by atoms with Gasteiger partial charge in [-0.15, -0.1) is 21.8 Å². The van der Waals surface area contributed by atoms with Gasteiger partial charge in [0.05, 0.1) is 0 Å². The largest absolute Gasteiger partial charge is 0.340 e. The summed E-state index contributed by atoms with van der Waals surface area (Å²) in [6.45, 7) is 4.30. The summed E-state index contributed by atoms with van der Waals surface area (Å²) in [5.74, 6) is 0. The molecule has 5 radical (unpaired) electrons. The zero-order chi connectivity index (χ0) is 5.86. The molecule has 0 atom stereocenters. The second-order valence-electron chi connectivity index (χ2n) is 1.55. The van der Waals surface area contributed by atoms with Gasteiger partial charge in [-0.3, -0.25) is 0 Å². The lowest BCUT2D eigenvalue weighted by Crippen LogP contribution is -2.28. The van der Waals surface area contributed by atoms with Crippen molar-refractivity contribution in [2.24, 2.45) is 0 Å². The van der Waals surface area contributed by atoms with E-state index in [-0.39, 0.29) is 0 Å². The van der Waals surface area contributed by atoms with Crippen molar-refractivity contribution >= 4 is 39.4 Å². The molecule has 0 spiro atoms. The van der Waals surface area contributed by atoms with Crippen molar-refractivity contribution in [3.8, 4) is 0 Å². The zero-order valence-electron chi connectivity index (χ0n) is 4.40. The van der Waals surface area contributed by atoms with E-state index in [4.69, 9.17) is 0 Å². The lowest BCUT2D eigenvalue weighted by Gasteiger charge is -2.15. The first-order chi connectivity index (χ1) is 3.18. The molecule has 0 N–H and O–H groups in total. The van der Waals surface area contributed by atoms with Crippen LogP contribution in [0.4, 0.5) is 0 Å². The van der Waals surface area contributed by atoms with Crippen molar-refractivity contribution in [2.45, 2.75) is 19.9 Å². The van der Waals surface area contributed by atoms with Gasteiger partial charge in [0.25, 0.3) is 0 Å². The summed E-state index contributed by atoms with van der Waals surface area (Å²) in [7, 11) is 4.25. The molecule has 0 aliphatic rings. The van der Waals surface area contributed by atoms with E-state index in [2.05, 4.69) is 50.3 Å². The predicted molar refractivity (Wildman–Crippen MR) is 42.5 cm³/mol. The van der Waals surface area contributed by atoms with Crippen LogP contribution >= 0.6 is 21.8 Å². The van der Waals surface area contributed by atoms with Gasteiger partial charge in [-0.25, -0.2) is 0 Å². The fourth-order valence-electron chi connectivity index (χ4n) is 0.0976. The van der Waals surface area contributed by atoms with Crippen LogP contribution in [0.5, 0.6) is 0 Å². The number of hydrogen-bond acceptors (Lipinski definition) is 1. The topological polar surface area (TPSA) is 3.24 Å². The van der Waals surface area contributed by atoms with E-state index in [1.807, 2.05) is 0 Å². The van der Waals surface area contributed by atoms with Crippen LogP contribution in [0, 0.1) is 0 Å². The molecule has 0 aromatic heterocycles. The molecule has 39 valence electrons. The van der Waals surface area contributed by atoms with Crippen molar-refractivity contribution in [2.75, 3.05) is 0 Å². The van der Waals surface area contributed by atoms with Gasteiger partial charge >= 0.3 is 0 Å². The summed E-state index contributed by atoms with van der Waals surface area (Å²) in [6.07, 6.45) is 0. The molecule has 0 aliphatic heterocycles. The maximum atomic E-state index is 3.43. The Morgan fingerprint density at radius 3 is 2.14 bits per heavy atom. The minimum absolute atomic E-state index is 0.617. The van der Waals surface area contributed by atoms with E-state index in [0.717, 1.165) is 7.18 Å². The van der Waals surface area contributed by atoms with E-state index in [1.165, 1.54) is 0 Å². The highest BCUT2D eigenvalue weighted by molar-refractivity contribution is 14.1. The Morgan fingerprint density at radius 2 is 2.14 bits per heavy atom. The fourth-order valence-corrected chi connectivity index (χ4v) is 1.96. The SMILES string of the molecule is CC(C)N([Si])[Si]I. The molecule has 0 heterocycles. The van der Waals surface area contributed by atoms with Crippen LogP contribution < -0.4 is 0 Å². The third-order valence-corrected chi connectivity index (χ3v) is 5.08. The molecule has 0 unspecified atom stereocenters. The summed E-state index contributed by atoms with van der Waals surface area (Å²) < 4.78 is 2.11. The average Bonchev–Trinajstić information content (AvgIpc) is 1.65. The summed E-state index contributed by atoms with van der Waals surface area (Å²) in [5.41, 5.74) is 0. The summed E-state index contributed by atoms with van der Waals surface area (Å²) in [5, 5.41) is 0. The van der Waals surface area contributed by atoms with Gasteiger partial charge in [0.15, 0.2) is 0 Å². The second kappa shape index (κ2) is 4.05. The van der Waals surface area contributed by atoms with Gasteiger partial charge in [-0.05, 0) is 6.04 Å². The lowest BCUT2D eigenvalue weighted by molar-refractivity contribution is 0.568. The highest BCUT2D eigenvalue weighted by Crippen LogP contribution is 1.91. The first-order valence-electron chi connectivity index (χ1n) is 2.05. The van der Waals surface area contributed by atoms with Crippen LogP contribution in [-0.2, 0) is 0 Å². The van der Waals surface area contributed by atoms with Crippen LogP contribution in [0.15, 0.2) is 0 Å². The van der Waals surface area contributed by atoms with Crippen molar-refractivity contribution in [1.29, 1.82) is 0 Å². The van der Waals surface area contributed by atoms with E-state index in [9.17, 15) is 0 Å². The molecular weight excluding hydrogens is 233 g/mol. The number of halogens is 1. The van der Waals surface area contributed by atoms with Crippen LogP contribution in [0.3, 0.4) is 0 Å². The van der Waals surface area contributed by atoms with Crippen LogP contribution in [0.1, 0.15) is 13.8 Å². The maximum Gasteiger partial charge on any atom is 0.223 e. The Bertz CT molecular complexity index is 50.2. The fraction of sp³-hybridized carbons (Fsp3) is 1.00. The third kappa shape index (κ3) is 3.69. The van der Waals surface area contributed by atoms with Crippen LogP contribution in [0.25, 0.3) is 0 Å². The van der Waals surface area contributed by atoms with Gasteiger partial charge in [0.2, 0.25) is 7.18 Å². The molecule has 0 fully saturated rings.